The third-order valence-corrected chi connectivity index (χ3v) is 2.78. The quantitative estimate of drug-likeness (QED) is 0.355. The fraction of sp³-hybridized carbons (Fsp3) is 0.643. The van der Waals surface area contributed by atoms with Crippen molar-refractivity contribution < 1.29 is 34.1 Å². The summed E-state index contributed by atoms with van der Waals surface area (Å²) >= 11 is 0. The van der Waals surface area contributed by atoms with E-state index in [9.17, 15) is 8.22 Å². The molecule has 21 heavy (non-hydrogen) atoms. The SMILES string of the molecule is CC[N-]C.CC[N-]C.CC[N-]C.F[SiH](F)[c-]1cccc1.[Hf+4]. The molecular formula is C14H29F2HfN3Si. The second-order valence-corrected chi connectivity index (χ2v) is 4.68. The van der Waals surface area contributed by atoms with Gasteiger partial charge in [-0.1, -0.05) is 20.8 Å². The first-order valence-electron chi connectivity index (χ1n) is 6.71. The van der Waals surface area contributed by atoms with Crippen LogP contribution in [0, 0.1) is 0 Å². The number of rotatable bonds is 4. The average molecular weight is 484 g/mol. The van der Waals surface area contributed by atoms with Crippen LogP contribution in [0.5, 0.6) is 0 Å². The molecule has 0 aliphatic carbocycles. The molecule has 0 amide bonds. The molecule has 0 fully saturated rings. The Bertz CT molecular complexity index is 223. The van der Waals surface area contributed by atoms with Crippen molar-refractivity contribution >= 4 is 14.7 Å². The maximum Gasteiger partial charge on any atom is 4.00 e. The van der Waals surface area contributed by atoms with Gasteiger partial charge in [0.2, 0.25) is 0 Å². The van der Waals surface area contributed by atoms with Crippen LogP contribution >= 0.6 is 0 Å². The van der Waals surface area contributed by atoms with Crippen molar-refractivity contribution in [2.75, 3.05) is 40.8 Å². The Kier molecular flexibility index (Phi) is 39.5. The molecule has 0 aliphatic rings. The zero-order valence-electron chi connectivity index (χ0n) is 14.1. The molecule has 0 saturated heterocycles. The molecule has 3 nitrogen and oxygen atoms in total. The van der Waals surface area contributed by atoms with Crippen molar-refractivity contribution in [1.82, 2.24) is 0 Å². The Morgan fingerprint density at radius 3 is 1.14 bits per heavy atom. The van der Waals surface area contributed by atoms with Crippen molar-refractivity contribution in [3.63, 3.8) is 0 Å². The van der Waals surface area contributed by atoms with Crippen molar-refractivity contribution in [1.29, 1.82) is 0 Å². The summed E-state index contributed by atoms with van der Waals surface area (Å²) in [6, 6.07) is 6.21. The topological polar surface area (TPSA) is 42.3 Å². The van der Waals surface area contributed by atoms with Crippen molar-refractivity contribution in [2.45, 2.75) is 20.8 Å². The molecule has 0 radical (unpaired) electrons. The summed E-state index contributed by atoms with van der Waals surface area (Å²) in [6.07, 6.45) is 0. The van der Waals surface area contributed by atoms with Crippen molar-refractivity contribution in [2.24, 2.45) is 0 Å². The average Bonchev–Trinajstić information content (AvgIpc) is 3.02. The van der Waals surface area contributed by atoms with Crippen molar-refractivity contribution in [3.8, 4) is 0 Å². The molecule has 0 N–H and O–H groups in total. The van der Waals surface area contributed by atoms with Crippen LogP contribution in [-0.2, 0) is 25.8 Å². The minimum atomic E-state index is -3.48. The van der Waals surface area contributed by atoms with Crippen LogP contribution in [0.2, 0.25) is 0 Å². The monoisotopic (exact) mass is 485 g/mol. The van der Waals surface area contributed by atoms with Gasteiger partial charge in [-0.3, -0.25) is 8.22 Å². The summed E-state index contributed by atoms with van der Waals surface area (Å²) in [4.78, 5) is 0. The van der Waals surface area contributed by atoms with E-state index < -0.39 is 9.46 Å². The van der Waals surface area contributed by atoms with E-state index in [0.29, 0.717) is 0 Å². The first kappa shape index (κ1) is 29.2. The summed E-state index contributed by atoms with van der Waals surface area (Å²) in [7, 11) is 1.94. The molecule has 1 rings (SSSR count). The fourth-order valence-corrected chi connectivity index (χ4v) is 1.05. The van der Waals surface area contributed by atoms with Gasteiger partial charge in [0, 0.05) is 0 Å². The van der Waals surface area contributed by atoms with Crippen LogP contribution in [0.25, 0.3) is 16.0 Å². The Balaban J connectivity index is -0.0000000973. The zero-order valence-corrected chi connectivity index (χ0v) is 18.9. The predicted octanol–water partition coefficient (Wildman–Crippen LogP) is 3.80. The Labute approximate surface area is 150 Å². The summed E-state index contributed by atoms with van der Waals surface area (Å²) in [5.74, 6) is 0. The summed E-state index contributed by atoms with van der Waals surface area (Å²) in [5, 5.41) is 11.4. The van der Waals surface area contributed by atoms with Gasteiger partial charge < -0.3 is 16.0 Å². The molecule has 1 aromatic rings. The molecule has 1 aromatic carbocycles. The van der Waals surface area contributed by atoms with Crippen LogP contribution in [0.15, 0.2) is 24.3 Å². The smallest absolute Gasteiger partial charge is 0.665 e. The van der Waals surface area contributed by atoms with Gasteiger partial charge in [0.05, 0.1) is 0 Å². The third kappa shape index (κ3) is 33.2. The Hall–Kier alpha value is 0.177. The van der Waals surface area contributed by atoms with Crippen molar-refractivity contribution in [3.05, 3.63) is 40.2 Å². The summed E-state index contributed by atoms with van der Waals surface area (Å²) in [6.45, 7) is 8.88. The molecule has 0 aromatic heterocycles. The van der Waals surface area contributed by atoms with Gasteiger partial charge in [0.25, 0.3) is 0 Å². The second kappa shape index (κ2) is 28.4. The van der Waals surface area contributed by atoms with Gasteiger partial charge >= 0.3 is 35.3 Å². The zero-order chi connectivity index (χ0) is 16.2. The molecular weight excluding hydrogens is 455 g/mol. The molecule has 0 unspecified atom stereocenters. The van der Waals surface area contributed by atoms with E-state index in [0.717, 1.165) is 19.6 Å². The van der Waals surface area contributed by atoms with Crippen LogP contribution < -0.4 is 5.19 Å². The fourth-order valence-electron chi connectivity index (χ4n) is 0.534. The largest absolute Gasteiger partial charge is 4.00 e. The predicted molar refractivity (Wildman–Crippen MR) is 90.5 cm³/mol. The molecule has 122 valence electrons. The molecule has 0 heterocycles. The number of hydrogen-bond donors (Lipinski definition) is 0. The third-order valence-electron chi connectivity index (χ3n) is 1.89. The molecule has 0 spiro atoms. The van der Waals surface area contributed by atoms with Crippen LogP contribution in [0.4, 0.5) is 8.22 Å². The maximum atomic E-state index is 11.7. The number of hydrogen-bond acceptors (Lipinski definition) is 0. The minimum Gasteiger partial charge on any atom is -0.665 e. The number of nitrogens with zero attached hydrogens (tertiary/aromatic N) is 3. The van der Waals surface area contributed by atoms with E-state index in [4.69, 9.17) is 0 Å². The van der Waals surface area contributed by atoms with Crippen LogP contribution in [0.1, 0.15) is 20.8 Å². The minimum absolute atomic E-state index is 0. The molecule has 0 aliphatic heterocycles. The van der Waals surface area contributed by atoms with Gasteiger partial charge in [0.15, 0.2) is 0 Å². The first-order chi connectivity index (χ1) is 9.55. The molecule has 0 bridgehead atoms. The van der Waals surface area contributed by atoms with Crippen LogP contribution in [-0.4, -0.2) is 50.2 Å². The van der Waals surface area contributed by atoms with Gasteiger partial charge in [0.1, 0.15) is 0 Å². The number of halogens is 2. The molecule has 7 heteroatoms. The van der Waals surface area contributed by atoms with E-state index in [1.807, 2.05) is 20.8 Å². The van der Waals surface area contributed by atoms with Gasteiger partial charge in [-0.2, -0.15) is 52.9 Å². The van der Waals surface area contributed by atoms with Crippen LogP contribution in [0.3, 0.4) is 0 Å². The Morgan fingerprint density at radius 2 is 1.05 bits per heavy atom. The van der Waals surface area contributed by atoms with E-state index in [2.05, 4.69) is 16.0 Å². The maximum absolute atomic E-state index is 11.7. The second-order valence-electron chi connectivity index (χ2n) is 3.42. The first-order valence-corrected chi connectivity index (χ1v) is 8.16. The molecule has 0 atom stereocenters. The molecule has 0 saturated carbocycles. The van der Waals surface area contributed by atoms with E-state index in [1.54, 1.807) is 33.3 Å². The Morgan fingerprint density at radius 1 is 0.810 bits per heavy atom. The van der Waals surface area contributed by atoms with E-state index in [1.165, 1.54) is 12.1 Å². The van der Waals surface area contributed by atoms with E-state index in [-0.39, 0.29) is 31.0 Å². The van der Waals surface area contributed by atoms with Gasteiger partial charge in [-0.25, -0.2) is 12.1 Å². The normalized spacial score (nSPS) is 8.24. The summed E-state index contributed by atoms with van der Waals surface area (Å²) < 4.78 is 23.5. The van der Waals surface area contributed by atoms with Gasteiger partial charge in [-0.05, 0) is 0 Å². The van der Waals surface area contributed by atoms with Gasteiger partial charge in [-0.15, -0.1) is 5.19 Å². The summed E-state index contributed by atoms with van der Waals surface area (Å²) in [5.41, 5.74) is 0. The standard InChI is InChI=1S/C5H5F2Si.3C3H8N.Hf/c6-8(7)5-3-1-2-4-5;3*1-3-4-2;/h1-4,8H;3*3H2,1-2H3;/q4*-1;+4. The van der Waals surface area contributed by atoms with E-state index >= 15 is 0 Å².